The Labute approximate surface area is 175 Å². The van der Waals surface area contributed by atoms with Crippen LogP contribution < -0.4 is 8.90 Å². The van der Waals surface area contributed by atoms with Crippen molar-refractivity contribution in [2.24, 2.45) is 5.11 Å². The number of unbranched alkanes of at least 4 members (excludes halogenated alkanes) is 3. The maximum atomic E-state index is 12.6. The average Bonchev–Trinajstić information content (AvgIpc) is 2.73. The van der Waals surface area contributed by atoms with Crippen LogP contribution in [0.5, 0.6) is 0 Å². The van der Waals surface area contributed by atoms with Gasteiger partial charge in [0.25, 0.3) is 0 Å². The fourth-order valence-electron chi connectivity index (χ4n) is 3.84. The van der Waals surface area contributed by atoms with Crippen molar-refractivity contribution in [2.75, 3.05) is 13.1 Å². The van der Waals surface area contributed by atoms with Crippen LogP contribution in [0.25, 0.3) is 10.4 Å². The summed E-state index contributed by atoms with van der Waals surface area (Å²) < 4.78 is 5.75. The summed E-state index contributed by atoms with van der Waals surface area (Å²) in [6, 6.07) is 8.54. The van der Waals surface area contributed by atoms with Gasteiger partial charge in [-0.15, -0.1) is 0 Å². The summed E-state index contributed by atoms with van der Waals surface area (Å²) in [5.41, 5.74) is 9.11. The monoisotopic (exact) mass is 494 g/mol. The van der Waals surface area contributed by atoms with Crippen molar-refractivity contribution in [1.82, 2.24) is 5.32 Å². The van der Waals surface area contributed by atoms with Crippen molar-refractivity contribution < 1.29 is 4.79 Å². The molecule has 1 rings (SSSR count). The predicted octanol–water partition coefficient (Wildman–Crippen LogP) is 6.17. The second-order valence-electron chi connectivity index (χ2n) is 7.74. The van der Waals surface area contributed by atoms with Crippen molar-refractivity contribution in [3.8, 4) is 0 Å². The van der Waals surface area contributed by atoms with Gasteiger partial charge in [0.05, 0.1) is 0 Å². The molecule has 0 atom stereocenters. The molecule has 0 heterocycles. The number of azide groups is 1. The summed E-state index contributed by atoms with van der Waals surface area (Å²) in [4.78, 5) is 15.3. The summed E-state index contributed by atoms with van der Waals surface area (Å²) in [5.74, 6) is -0.00977. The summed E-state index contributed by atoms with van der Waals surface area (Å²) in [6.45, 7) is 7.82. The second-order valence-corrected chi connectivity index (χ2v) is 21.0. The van der Waals surface area contributed by atoms with E-state index in [9.17, 15) is 4.79 Å². The van der Waals surface area contributed by atoms with Crippen LogP contribution in [0.4, 0.5) is 0 Å². The molecule has 5 nitrogen and oxygen atoms in total. The van der Waals surface area contributed by atoms with Crippen molar-refractivity contribution >= 4 is 27.9 Å². The van der Waals surface area contributed by atoms with E-state index in [0.29, 0.717) is 19.5 Å². The van der Waals surface area contributed by atoms with Crippen LogP contribution >= 0.6 is 0 Å². The summed E-state index contributed by atoms with van der Waals surface area (Å²) in [5, 5.41) is 6.48. The normalized spacial score (nSPS) is 11.1. The second kappa shape index (κ2) is 14.7. The Morgan fingerprint density at radius 3 is 2.18 bits per heavy atom. The Bertz CT molecular complexity index is 607. The number of nitrogens with zero attached hydrogens (tertiary/aromatic N) is 3. The number of benzene rings is 1. The SMILES string of the molecule is CCC[CH2][Sn]([CH2]CCC)([CH2]CCC)[c]1cccc(C(=O)NCCCN=[N+]=[N-])c1. The fraction of sp³-hybridized carbons (Fsp3) is 0.682. The molecule has 0 saturated carbocycles. The van der Waals surface area contributed by atoms with Crippen LogP contribution in [-0.4, -0.2) is 37.4 Å². The van der Waals surface area contributed by atoms with Gasteiger partial charge in [-0.05, 0) is 0 Å². The Morgan fingerprint density at radius 1 is 1.04 bits per heavy atom. The van der Waals surface area contributed by atoms with E-state index in [0.717, 1.165) is 5.56 Å². The third-order valence-electron chi connectivity index (χ3n) is 5.55. The van der Waals surface area contributed by atoms with E-state index in [1.807, 2.05) is 6.07 Å². The molecule has 0 radical (unpaired) electrons. The molecular formula is C22H38N4OSn. The van der Waals surface area contributed by atoms with E-state index in [2.05, 4.69) is 54.3 Å². The number of carbonyl (C=O) groups excluding carboxylic acids is 1. The molecule has 0 spiro atoms. The summed E-state index contributed by atoms with van der Waals surface area (Å²) in [6.07, 6.45) is 8.38. The Hall–Kier alpha value is -1.20. The zero-order valence-corrected chi connectivity index (χ0v) is 20.9. The minimum absolute atomic E-state index is 0.00977. The Balaban J connectivity index is 3.00. The van der Waals surface area contributed by atoms with Gasteiger partial charge in [-0.2, -0.15) is 0 Å². The number of rotatable bonds is 15. The molecule has 1 amide bonds. The van der Waals surface area contributed by atoms with Crippen LogP contribution in [0.15, 0.2) is 29.4 Å². The van der Waals surface area contributed by atoms with Crippen LogP contribution in [0.3, 0.4) is 0 Å². The molecule has 0 saturated heterocycles. The topological polar surface area (TPSA) is 77.9 Å². The third kappa shape index (κ3) is 8.44. The summed E-state index contributed by atoms with van der Waals surface area (Å²) >= 11 is -2.51. The molecule has 0 aliphatic carbocycles. The molecule has 1 aromatic rings. The molecule has 156 valence electrons. The first-order valence-corrected chi connectivity index (χ1v) is 18.5. The molecule has 0 bridgehead atoms. The van der Waals surface area contributed by atoms with Gasteiger partial charge >= 0.3 is 175 Å². The number of amides is 1. The molecule has 0 aromatic heterocycles. The van der Waals surface area contributed by atoms with Crippen molar-refractivity contribution in [2.45, 2.75) is 79.0 Å². The van der Waals surface area contributed by atoms with Gasteiger partial charge in [-0.25, -0.2) is 0 Å². The zero-order chi connectivity index (χ0) is 20.7. The Morgan fingerprint density at radius 2 is 1.64 bits per heavy atom. The third-order valence-corrected chi connectivity index (χ3v) is 21.2. The van der Waals surface area contributed by atoms with Crippen LogP contribution in [0.1, 0.15) is 76.1 Å². The first-order chi connectivity index (χ1) is 13.6. The van der Waals surface area contributed by atoms with Crippen molar-refractivity contribution in [3.63, 3.8) is 0 Å². The number of hydrogen-bond donors (Lipinski definition) is 1. The minimum atomic E-state index is -2.51. The van der Waals surface area contributed by atoms with E-state index in [4.69, 9.17) is 5.53 Å². The van der Waals surface area contributed by atoms with E-state index in [1.54, 1.807) is 0 Å². The standard InChI is InChI=1S/C10H11N4O.3C4H9.Sn/c11-14-13-8-4-7-12-10(15)9-5-2-1-3-6-9;3*1-3-4-2;/h1-2,5-6H,4,7-8H2,(H,12,15);3*1,3-4H2,2H3;. The van der Waals surface area contributed by atoms with Crippen molar-refractivity contribution in [3.05, 3.63) is 40.3 Å². The first-order valence-electron chi connectivity index (χ1n) is 11.0. The van der Waals surface area contributed by atoms with E-state index >= 15 is 0 Å². The molecule has 1 aromatic carbocycles. The molecule has 6 heteroatoms. The molecule has 0 fully saturated rings. The fourth-order valence-corrected chi connectivity index (χ4v) is 19.9. The molecule has 0 aliphatic heterocycles. The molecule has 0 aliphatic rings. The van der Waals surface area contributed by atoms with Gasteiger partial charge in [-0.1, -0.05) is 0 Å². The quantitative estimate of drug-likeness (QED) is 0.102. The van der Waals surface area contributed by atoms with E-state index in [1.165, 1.54) is 55.4 Å². The van der Waals surface area contributed by atoms with E-state index in [-0.39, 0.29) is 5.91 Å². The molecular weight excluding hydrogens is 455 g/mol. The zero-order valence-electron chi connectivity index (χ0n) is 18.0. The van der Waals surface area contributed by atoms with Gasteiger partial charge in [-0.3, -0.25) is 0 Å². The molecule has 1 N–H and O–H groups in total. The van der Waals surface area contributed by atoms with Crippen LogP contribution in [0, 0.1) is 0 Å². The van der Waals surface area contributed by atoms with Crippen molar-refractivity contribution in [1.29, 1.82) is 0 Å². The van der Waals surface area contributed by atoms with Gasteiger partial charge < -0.3 is 0 Å². The predicted molar refractivity (Wildman–Crippen MR) is 122 cm³/mol. The first kappa shape index (κ1) is 24.8. The van der Waals surface area contributed by atoms with Gasteiger partial charge in [0.2, 0.25) is 0 Å². The van der Waals surface area contributed by atoms with Gasteiger partial charge in [0, 0.05) is 0 Å². The summed E-state index contributed by atoms with van der Waals surface area (Å²) in [7, 11) is 0. The molecule has 0 unspecified atom stereocenters. The number of hydrogen-bond acceptors (Lipinski definition) is 2. The van der Waals surface area contributed by atoms with Gasteiger partial charge in [0.15, 0.2) is 0 Å². The van der Waals surface area contributed by atoms with E-state index < -0.39 is 18.4 Å². The Kier molecular flexibility index (Phi) is 13.1. The molecule has 28 heavy (non-hydrogen) atoms. The number of carbonyl (C=O) groups is 1. The maximum absolute atomic E-state index is 12.6. The van der Waals surface area contributed by atoms with Crippen LogP contribution in [0.2, 0.25) is 13.3 Å². The van der Waals surface area contributed by atoms with Gasteiger partial charge in [0.1, 0.15) is 0 Å². The number of nitrogens with one attached hydrogen (secondary N) is 1. The average molecular weight is 493 g/mol. The van der Waals surface area contributed by atoms with Crippen LogP contribution in [-0.2, 0) is 0 Å².